The van der Waals surface area contributed by atoms with E-state index in [2.05, 4.69) is 41.2 Å². The molecule has 0 aliphatic carbocycles. The number of aliphatic hydroxyl groups excluding tert-OH is 19. The van der Waals surface area contributed by atoms with Crippen molar-refractivity contribution in [3.05, 3.63) is 0 Å². The van der Waals surface area contributed by atoms with E-state index in [1.54, 1.807) is 0 Å². The van der Waals surface area contributed by atoms with E-state index in [-0.39, 0.29) is 93.3 Å². The number of carbonyl (C=O) groups is 4. The molecule has 46 heteroatoms. The van der Waals surface area contributed by atoms with E-state index in [4.69, 9.17) is 75.8 Å². The van der Waals surface area contributed by atoms with E-state index in [1.807, 2.05) is 0 Å². The summed E-state index contributed by atoms with van der Waals surface area (Å²) in [5, 5.41) is 227. The molecule has 22 N–H and O–H groups in total. The van der Waals surface area contributed by atoms with Crippen LogP contribution in [0.25, 0.3) is 0 Å². The number of hydrogen-bond acceptors (Lipinski definition) is 44. The van der Waals surface area contributed by atoms with Crippen LogP contribution >= 0.6 is 48.8 Å². The van der Waals surface area contributed by atoms with E-state index in [1.165, 1.54) is 14.0 Å². The first kappa shape index (κ1) is 92.7. The van der Waals surface area contributed by atoms with Crippen LogP contribution in [0.2, 0.25) is 0 Å². The zero-order valence-electron chi connectivity index (χ0n) is 59.4. The predicted molar refractivity (Wildman–Crippen MR) is 370 cm³/mol. The summed E-state index contributed by atoms with van der Waals surface area (Å²) in [6, 6.07) is -0.860. The minimum Gasteiger partial charge on any atom is -0.394 e. The molecule has 37 atom stereocenters. The first-order valence-corrected chi connectivity index (χ1v) is 39.2. The molecular weight excluding hydrogens is 1550 g/mol. The molecule has 0 saturated carbocycles. The maximum atomic E-state index is 13.7. The molecule has 21 rings (SSSR count). The average Bonchev–Trinajstić information content (AvgIpc) is 0.804. The molecule has 42 nitrogen and oxygen atoms in total. The normalized spacial score (nSPS) is 43.0. The molecule has 109 heavy (non-hydrogen) atoms. The molecule has 0 aromatic heterocycles. The fraction of sp³-hybridized carbons (Fsp3) is 0.937. The van der Waals surface area contributed by atoms with Gasteiger partial charge < -0.3 is 189 Å². The van der Waals surface area contributed by atoms with Crippen molar-refractivity contribution in [1.29, 1.82) is 0 Å². The quantitative estimate of drug-likeness (QED) is 0.0226. The summed E-state index contributed by atoms with van der Waals surface area (Å²) in [6.45, 7) is -3.37. The SMILES string of the molecule is CN[C@H](CSCC1O[C@H]2O[C@@H]3C(CO)O[C@H](O[C@@H]4C(CO)O[C@H](O[C@@H]5C(CO)O[C@H](O[C@@H]6C(CSCC(CC(=O)CCOCCOCCC(C)=O)C(=O)NCCS)O[C@H](O[C@@H]7C(CO)O[C@H](O[C@@H]8C(CO)O[C@@H](O[C@H]1[C@H](O)C2O)C(O)[C@H]8O)C(O)[C@H]7O)C(O)[C@H]6O)C(O)[C@H]5O)C(O)[C@H]4O)C(O)[C@H]3O)C(=O)NCCS. The molecule has 0 radical (unpaired) electrons. The number of ketones is 2. The highest BCUT2D eigenvalue weighted by atomic mass is 32.2. The van der Waals surface area contributed by atoms with Crippen molar-refractivity contribution < 1.29 is 192 Å². The Kier molecular flexibility index (Phi) is 38.0. The lowest BCUT2D eigenvalue weighted by Gasteiger charge is -2.50. The van der Waals surface area contributed by atoms with Gasteiger partial charge in [0.15, 0.2) is 44.0 Å². The highest BCUT2D eigenvalue weighted by molar-refractivity contribution is 7.99. The van der Waals surface area contributed by atoms with Crippen LogP contribution in [0.1, 0.15) is 26.2 Å². The monoisotopic (exact) mass is 1660 g/mol. The topological polar surface area (TPSA) is 636 Å². The van der Waals surface area contributed by atoms with E-state index in [0.29, 0.717) is 5.75 Å². The smallest absolute Gasteiger partial charge is 0.238 e. The Bertz CT molecular complexity index is 2740. The van der Waals surface area contributed by atoms with Crippen LogP contribution in [0.4, 0.5) is 0 Å². The van der Waals surface area contributed by atoms with Crippen molar-refractivity contribution in [3.63, 3.8) is 0 Å². The number of thioether (sulfide) groups is 2. The lowest BCUT2D eigenvalue weighted by atomic mass is 9.95. The Morgan fingerprint density at radius 2 is 0.633 bits per heavy atom. The number of Topliss-reactive ketones (excluding diaryl/α,β-unsaturated/α-hetero) is 2. The van der Waals surface area contributed by atoms with Gasteiger partial charge >= 0.3 is 0 Å². The molecule has 0 aromatic carbocycles. The molecule has 15 unspecified atom stereocenters. The molecular formula is C63H107N3O39S4. The molecule has 21 heterocycles. The van der Waals surface area contributed by atoms with Crippen LogP contribution in [0.3, 0.4) is 0 Å². The van der Waals surface area contributed by atoms with Gasteiger partial charge in [0.1, 0.15) is 170 Å². The highest BCUT2D eigenvalue weighted by Gasteiger charge is 2.60. The van der Waals surface area contributed by atoms with Crippen LogP contribution in [0, 0.1) is 5.92 Å². The van der Waals surface area contributed by atoms with Gasteiger partial charge in [-0.1, -0.05) is 0 Å². The van der Waals surface area contributed by atoms with Gasteiger partial charge in [-0.05, 0) is 14.0 Å². The maximum Gasteiger partial charge on any atom is 0.238 e. The Labute approximate surface area is 644 Å². The first-order valence-electron chi connectivity index (χ1n) is 35.6. The van der Waals surface area contributed by atoms with Crippen molar-refractivity contribution in [3.8, 4) is 0 Å². The largest absolute Gasteiger partial charge is 0.394 e. The molecule has 21 aliphatic heterocycles. The lowest BCUT2D eigenvalue weighted by molar-refractivity contribution is -0.395. The number of ether oxygens (including phenoxy) is 16. The zero-order valence-corrected chi connectivity index (χ0v) is 62.8. The van der Waals surface area contributed by atoms with E-state index >= 15 is 0 Å². The minimum absolute atomic E-state index is 0.0103. The fourth-order valence-corrected chi connectivity index (χ4v) is 15.9. The molecule has 21 saturated heterocycles. The van der Waals surface area contributed by atoms with Crippen molar-refractivity contribution in [2.75, 3.05) is 114 Å². The van der Waals surface area contributed by atoms with E-state index in [0.717, 1.165) is 23.5 Å². The highest BCUT2D eigenvalue weighted by Crippen LogP contribution is 2.40. The third-order valence-electron chi connectivity index (χ3n) is 19.4. The van der Waals surface area contributed by atoms with Crippen LogP contribution in [-0.2, 0) is 95.0 Å². The summed E-state index contributed by atoms with van der Waals surface area (Å²) in [5.41, 5.74) is 0. The van der Waals surface area contributed by atoms with Crippen LogP contribution < -0.4 is 16.0 Å². The molecule has 632 valence electrons. The van der Waals surface area contributed by atoms with E-state index in [9.17, 15) is 116 Å². The standard InChI is InChI=1S/C63H107N3O39S4/c1-23(72)3-7-90-9-10-91-8-4-25(73)13-24(55(88)65-5-11-106)19-108-21-32-53-39(79)46(86)62(97-32)102-51-30(17-70)93-59(42(82)35(51)75)101-50-29(16-69)96-61(45(85)38(50)78)105-54-33(22-109-20-26(64-2)56(89)66-6-12-107)98-63(47(87)40(54)80)103-52-31(18-71)94-58(43(83)36(52)76)99-48-27(14-67)92-57(41(81)34(48)74)100-49-28(15-68)95-60(104-53)44(84)37(49)77/h24,26-54,57-64,67-71,74-87,106-107H,3-22H2,1-2H3,(H,65,88)(H,66,89)/t24?,26-,27?,28?,29?,30?,31?,32?,33?,34-,35-,36-,37-,38-,39-,40-,41?,42?,43?,44?,45?,46?,47?,48-,49-,50-,51-,52-,53-,54-,57-,58-,59-,60-,61+,62-,63+/m1/s1. The lowest BCUT2D eigenvalue weighted by Crippen LogP contribution is -2.68. The first-order chi connectivity index (χ1) is 52.1. The second kappa shape index (κ2) is 44.7. The van der Waals surface area contributed by atoms with Gasteiger partial charge in [0.2, 0.25) is 11.8 Å². The zero-order chi connectivity index (χ0) is 79.7. The van der Waals surface area contributed by atoms with Gasteiger partial charge in [0, 0.05) is 66.9 Å². The van der Waals surface area contributed by atoms with E-state index < -0.39 is 278 Å². The molecule has 21 fully saturated rings. The molecule has 0 spiro atoms. The average molecular weight is 1660 g/mol. The third-order valence-corrected chi connectivity index (χ3v) is 22.2. The van der Waals surface area contributed by atoms with Crippen LogP contribution in [0.5, 0.6) is 0 Å². The Morgan fingerprint density at radius 1 is 0.367 bits per heavy atom. The second-order valence-corrected chi connectivity index (χ2v) is 30.1. The molecule has 2 amide bonds. The number of aliphatic hydroxyl groups is 19. The number of rotatable bonds is 31. The summed E-state index contributed by atoms with van der Waals surface area (Å²) in [7, 11) is 1.50. The summed E-state index contributed by atoms with van der Waals surface area (Å²) in [6.07, 6.45) is -72.0. The van der Waals surface area contributed by atoms with Crippen molar-refractivity contribution in [2.24, 2.45) is 5.92 Å². The maximum absolute atomic E-state index is 13.7. The molecule has 14 bridgehead atoms. The predicted octanol–water partition coefficient (Wildman–Crippen LogP) is -13.1. The molecule has 21 aliphatic rings. The van der Waals surface area contributed by atoms with Gasteiger partial charge in [-0.2, -0.15) is 48.8 Å². The number of likely N-dealkylation sites (N-methyl/N-ethyl adjacent to an activating group) is 1. The van der Waals surface area contributed by atoms with Gasteiger partial charge in [-0.3, -0.25) is 19.2 Å². The summed E-state index contributed by atoms with van der Waals surface area (Å²) < 4.78 is 94.6. The molecule has 0 aromatic rings. The fourth-order valence-electron chi connectivity index (χ4n) is 13.3. The van der Waals surface area contributed by atoms with Crippen molar-refractivity contribution >= 4 is 72.2 Å². The van der Waals surface area contributed by atoms with Crippen LogP contribution in [-0.4, -0.2) is 456 Å². The number of hydrogen-bond donors (Lipinski definition) is 24. The minimum atomic E-state index is -2.29. The third kappa shape index (κ3) is 23.6. The summed E-state index contributed by atoms with van der Waals surface area (Å²) >= 11 is 10.2. The van der Waals surface area contributed by atoms with Crippen molar-refractivity contribution in [2.45, 2.75) is 247 Å². The number of nitrogens with one attached hydrogen (secondary N) is 3. The Morgan fingerprint density at radius 3 is 0.908 bits per heavy atom. The summed E-state index contributed by atoms with van der Waals surface area (Å²) in [5.74, 6) is -2.89. The van der Waals surface area contributed by atoms with Crippen LogP contribution in [0.15, 0.2) is 0 Å². The van der Waals surface area contributed by atoms with Crippen molar-refractivity contribution in [1.82, 2.24) is 16.0 Å². The number of thiol groups is 2. The Balaban J connectivity index is 1.09. The summed E-state index contributed by atoms with van der Waals surface area (Å²) in [4.78, 5) is 51.3. The van der Waals surface area contributed by atoms with Gasteiger partial charge in [-0.25, -0.2) is 0 Å². The Hall–Kier alpha value is -1.76. The number of amides is 2. The van der Waals surface area contributed by atoms with Gasteiger partial charge in [0.25, 0.3) is 0 Å². The number of carbonyl (C=O) groups excluding carboxylic acids is 4. The second-order valence-electron chi connectivity index (χ2n) is 27.1. The van der Waals surface area contributed by atoms with Gasteiger partial charge in [-0.15, -0.1) is 0 Å². The van der Waals surface area contributed by atoms with Gasteiger partial charge in [0.05, 0.1) is 83.6 Å².